The number of alkyl carbamates (subject to hydrolysis) is 1. The lowest BCUT2D eigenvalue weighted by Crippen LogP contribution is -2.69. The van der Waals surface area contributed by atoms with E-state index in [4.69, 9.17) is 33.2 Å². The predicted octanol–water partition coefficient (Wildman–Crippen LogP) is 8.18. The molecule has 1 amide bonds. The molecule has 12 aliphatic rings. The van der Waals surface area contributed by atoms with Gasteiger partial charge in [0.25, 0.3) is 0 Å². The fraction of sp³-hybridized carbons (Fsp3) is 0.933. The van der Waals surface area contributed by atoms with E-state index in [1.165, 1.54) is 58.3 Å². The van der Waals surface area contributed by atoms with Crippen molar-refractivity contribution in [1.82, 2.24) is 5.32 Å². The average Bonchev–Trinajstić information content (AvgIpc) is 1.14. The first kappa shape index (κ1) is 72.4. The number of esters is 1. The van der Waals surface area contributed by atoms with Crippen molar-refractivity contribution in [3.8, 4) is 0 Å². The van der Waals surface area contributed by atoms with Crippen LogP contribution < -0.4 is 5.32 Å². The van der Waals surface area contributed by atoms with Gasteiger partial charge < -0.3 is 89.2 Å². The third-order valence-corrected chi connectivity index (χ3v) is 30.3. The van der Waals surface area contributed by atoms with Crippen molar-refractivity contribution < 1.29 is 93.5 Å². The van der Waals surface area contributed by atoms with Crippen molar-refractivity contribution in [2.24, 2.45) is 102 Å². The number of aldehydes is 1. The van der Waals surface area contributed by atoms with Gasteiger partial charge in [0.15, 0.2) is 18.7 Å². The molecule has 0 aromatic rings. The van der Waals surface area contributed by atoms with E-state index < -0.39 is 152 Å². The number of hydrogen-bond acceptors (Lipinski definition) is 19. The topological polar surface area (TPSA) is 310 Å². The lowest BCUT2D eigenvalue weighted by atomic mass is 9.33. The van der Waals surface area contributed by atoms with E-state index in [1.54, 1.807) is 0 Å². The van der Waals surface area contributed by atoms with Crippen LogP contribution in [0.4, 0.5) is 4.79 Å². The van der Waals surface area contributed by atoms with Crippen LogP contribution in [0.5, 0.6) is 0 Å². The van der Waals surface area contributed by atoms with Crippen LogP contribution in [0.1, 0.15) is 218 Å². The van der Waals surface area contributed by atoms with Crippen LogP contribution in [0.2, 0.25) is 0 Å². The van der Waals surface area contributed by atoms with Crippen molar-refractivity contribution in [2.75, 3.05) is 13.2 Å². The number of fused-ring (bicyclic) bond motifs is 12. The van der Waals surface area contributed by atoms with E-state index >= 15 is 4.79 Å². The van der Waals surface area contributed by atoms with Gasteiger partial charge in [0, 0.05) is 0 Å². The monoisotopic (exact) mass is 1340 g/mol. The highest BCUT2D eigenvalue weighted by Crippen LogP contribution is 2.76. The summed E-state index contributed by atoms with van der Waals surface area (Å²) in [5.41, 5.74) is -2.41. The van der Waals surface area contributed by atoms with Gasteiger partial charge in [0.1, 0.15) is 66.6 Å². The number of nitrogens with one attached hydrogen (secondary N) is 1. The zero-order valence-electron chi connectivity index (χ0n) is 59.1. The maximum Gasteiger partial charge on any atom is 0.407 e. The third kappa shape index (κ3) is 11.9. The van der Waals surface area contributed by atoms with Crippen LogP contribution in [0.15, 0.2) is 11.6 Å². The highest BCUT2D eigenvalue weighted by Gasteiger charge is 2.73. The smallest absolute Gasteiger partial charge is 0.407 e. The van der Waals surface area contributed by atoms with Crippen molar-refractivity contribution in [1.29, 1.82) is 0 Å². The quantitative estimate of drug-likeness (QED) is 0.0420. The molecule has 3 heterocycles. The second-order valence-corrected chi connectivity index (χ2v) is 35.9. The molecule has 12 rings (SSSR count). The molecular weight excluding hydrogens is 1220 g/mol. The molecule has 20 nitrogen and oxygen atoms in total. The molecule has 8 saturated carbocycles. The Hall–Kier alpha value is -2.41. The summed E-state index contributed by atoms with van der Waals surface area (Å²) in [6.07, 6.45) is -2.80. The van der Waals surface area contributed by atoms with Gasteiger partial charge in [-0.1, -0.05) is 107 Å². The molecule has 0 spiro atoms. The molecule has 540 valence electrons. The van der Waals surface area contributed by atoms with Gasteiger partial charge in [-0.2, -0.15) is 0 Å². The Bertz CT molecular complexity index is 2810. The third-order valence-electron chi connectivity index (χ3n) is 30.3. The lowest BCUT2D eigenvalue weighted by molar-refractivity contribution is -0.370. The van der Waals surface area contributed by atoms with Crippen LogP contribution >= 0.6 is 0 Å². The Morgan fingerprint density at radius 1 is 0.674 bits per heavy atom. The molecule has 95 heavy (non-hydrogen) atoms. The summed E-state index contributed by atoms with van der Waals surface area (Å²) >= 11 is 0. The Labute approximate surface area is 564 Å². The number of amides is 1. The number of carbonyl (C=O) groups is 3. The largest absolute Gasteiger partial charge is 0.446 e. The molecule has 33 atom stereocenters. The Morgan fingerprint density at radius 2 is 1.37 bits per heavy atom. The van der Waals surface area contributed by atoms with E-state index in [0.29, 0.717) is 61.7 Å². The molecule has 0 bridgehead atoms. The van der Waals surface area contributed by atoms with Crippen molar-refractivity contribution in [2.45, 2.75) is 322 Å². The maximum atomic E-state index is 16.0. The van der Waals surface area contributed by atoms with Gasteiger partial charge in [0.2, 0.25) is 6.29 Å². The van der Waals surface area contributed by atoms with Gasteiger partial charge in [-0.25, -0.2) is 4.79 Å². The first-order valence-electron chi connectivity index (χ1n) is 37.3. The number of hydrogen-bond donors (Lipinski definition) is 10. The average molecular weight is 1340 g/mol. The van der Waals surface area contributed by atoms with Gasteiger partial charge in [0.05, 0.1) is 43.0 Å². The number of ether oxygens (including phenoxy) is 7. The minimum atomic E-state index is -1.95. The number of allylic oxidation sites excluding steroid dienone is 2. The molecule has 0 radical (unpaired) electrons. The SMILES string of the molecule is CC(C)CCC[C@@H](C)C1CC[C@H]2[C@H]3CC[C@H]4C[C@@H](OC(=O)N[C@H]5C(CO)O[C@@H](OC(=O)[C@]67CCC(C)(C)CC6C6=CCC8C9(C)CC[C@H](O)[C@](C)(C=O)[C@@H]9CC[C@]8(C)[C@]6(C)CC7O)C(O[C@@H]6O[C@H](C)[C@H](O[C@@H]7OC[C@@H](O)C(O)C7O)C(O)C6O)C5O)CCC4(C)C3CCC12C. The van der Waals surface area contributed by atoms with Gasteiger partial charge in [-0.15, -0.1) is 0 Å². The van der Waals surface area contributed by atoms with Gasteiger partial charge >= 0.3 is 12.1 Å². The van der Waals surface area contributed by atoms with E-state index in [2.05, 4.69) is 80.6 Å². The first-order chi connectivity index (χ1) is 44.7. The minimum absolute atomic E-state index is 0.0452. The molecule has 15 unspecified atom stereocenters. The molecule has 3 aliphatic heterocycles. The highest BCUT2D eigenvalue weighted by atomic mass is 16.8. The van der Waals surface area contributed by atoms with Crippen molar-refractivity contribution >= 4 is 18.3 Å². The summed E-state index contributed by atoms with van der Waals surface area (Å²) in [5.74, 6) is 3.36. The predicted molar refractivity (Wildman–Crippen MR) is 349 cm³/mol. The summed E-state index contributed by atoms with van der Waals surface area (Å²) in [4.78, 5) is 43.4. The number of aliphatic hydroxyl groups excluding tert-OH is 9. The Morgan fingerprint density at radius 3 is 2.08 bits per heavy atom. The number of rotatable bonds is 15. The zero-order valence-corrected chi connectivity index (χ0v) is 59.1. The molecule has 11 fully saturated rings. The van der Waals surface area contributed by atoms with Crippen LogP contribution in [0, 0.1) is 102 Å². The molecule has 0 aromatic heterocycles. The van der Waals surface area contributed by atoms with E-state index in [1.807, 2.05) is 6.92 Å². The molecule has 3 saturated heterocycles. The molecule has 0 aromatic carbocycles. The molecular formula is C75H121NO19. The van der Waals surface area contributed by atoms with Crippen molar-refractivity contribution in [3.63, 3.8) is 0 Å². The van der Waals surface area contributed by atoms with Crippen molar-refractivity contribution in [3.05, 3.63) is 11.6 Å². The van der Waals surface area contributed by atoms with Gasteiger partial charge in [-0.05, 0) is 214 Å². The fourth-order valence-electron chi connectivity index (χ4n) is 24.5. The van der Waals surface area contributed by atoms with Crippen LogP contribution in [-0.4, -0.2) is 182 Å². The number of carbonyl (C=O) groups excluding carboxylic acids is 3. The first-order valence-corrected chi connectivity index (χ1v) is 37.3. The van der Waals surface area contributed by atoms with E-state index in [-0.39, 0.29) is 46.3 Å². The summed E-state index contributed by atoms with van der Waals surface area (Å²) in [6, 6.07) is -1.45. The van der Waals surface area contributed by atoms with Gasteiger partial charge in [-0.3, -0.25) is 4.79 Å². The Balaban J connectivity index is 0.782. The lowest BCUT2D eigenvalue weighted by Gasteiger charge is -2.71. The van der Waals surface area contributed by atoms with E-state index in [0.717, 1.165) is 67.6 Å². The molecule has 9 aliphatic carbocycles. The van der Waals surface area contributed by atoms with Crippen LogP contribution in [-0.2, 0) is 42.7 Å². The minimum Gasteiger partial charge on any atom is -0.446 e. The van der Waals surface area contributed by atoms with Crippen LogP contribution in [0.3, 0.4) is 0 Å². The number of aliphatic hydroxyl groups is 9. The molecule has 10 N–H and O–H groups in total. The molecule has 20 heteroatoms. The second-order valence-electron chi connectivity index (χ2n) is 35.9. The van der Waals surface area contributed by atoms with E-state index in [9.17, 15) is 55.5 Å². The normalized spacial score (nSPS) is 52.7. The Kier molecular flexibility index (Phi) is 20.1. The second kappa shape index (κ2) is 26.4. The summed E-state index contributed by atoms with van der Waals surface area (Å²) in [7, 11) is 0. The fourth-order valence-corrected chi connectivity index (χ4v) is 24.5. The van der Waals surface area contributed by atoms with Crippen LogP contribution in [0.25, 0.3) is 0 Å². The summed E-state index contributed by atoms with van der Waals surface area (Å²) in [5, 5.41) is 106. The summed E-state index contributed by atoms with van der Waals surface area (Å²) < 4.78 is 43.5. The summed E-state index contributed by atoms with van der Waals surface area (Å²) in [6.45, 7) is 25.7. The standard InChI is InChI=1S/C75H121NO19/c1-38(2)14-13-15-39(3)44-18-19-45-43-17-16-41-32-42(22-26-69(41,7)46(43)23-27-70(44,45)8)91-67(88)76-55-50(35-77)92-65(62(57(55)83)94-64-60(86)58(84)61(40(4)90-64)93-63-59(85)56(82)49(79)36-89-63)95-66(87)75-31-30-68(5,6)33-48(75)47-20-21-52-71(9)28-25-53(80)72(10,37-78)51(71)24-29-73(52,11)74(47,12)34-54(75)81/h20,37-46,48-65,77,79-86H,13-19,21-36H2,1-12H3,(H,76,88)/t39-,40-,41+,42+,43-,44?,45+,46?,48?,49-,50?,51-,52?,53+,54?,55+,56?,57?,58?,59?,60?,61+,62?,63+,64+,65+,69?,70?,71?,72-,73+,74-,75-/m1/s1. The maximum absolute atomic E-state index is 16.0. The zero-order chi connectivity index (χ0) is 68.7. The highest BCUT2D eigenvalue weighted by molar-refractivity contribution is 5.80.